The highest BCUT2D eigenvalue weighted by Gasteiger charge is 2.31. The first-order valence-corrected chi connectivity index (χ1v) is 7.42. The van der Waals surface area contributed by atoms with Crippen molar-refractivity contribution in [3.8, 4) is 0 Å². The van der Waals surface area contributed by atoms with Gasteiger partial charge in [0.1, 0.15) is 0 Å². The number of allylic oxidation sites excluding steroid dienone is 1. The molecular formula is C17H25Br. The fraction of sp³-hybridized carbons (Fsp3) is 0.529. The number of rotatable bonds is 4. The van der Waals surface area contributed by atoms with Crippen molar-refractivity contribution in [2.45, 2.75) is 50.8 Å². The largest absolute Gasteiger partial charge is 0.103 e. The predicted molar refractivity (Wildman–Crippen MR) is 85.4 cm³/mol. The second-order valence-corrected chi connectivity index (χ2v) is 7.75. The lowest BCUT2D eigenvalue weighted by atomic mass is 9.82. The molecule has 1 aromatic carbocycles. The maximum Gasteiger partial charge on any atom is 0.0562 e. The van der Waals surface area contributed by atoms with Crippen LogP contribution in [0.1, 0.15) is 52.2 Å². The van der Waals surface area contributed by atoms with Crippen molar-refractivity contribution in [3.05, 3.63) is 48.0 Å². The van der Waals surface area contributed by atoms with Crippen LogP contribution >= 0.6 is 15.9 Å². The Hall–Kier alpha value is -0.560. The van der Waals surface area contributed by atoms with Crippen LogP contribution in [0.15, 0.2) is 36.9 Å². The van der Waals surface area contributed by atoms with Gasteiger partial charge in [-0.2, -0.15) is 0 Å². The molecule has 100 valence electrons. The van der Waals surface area contributed by atoms with Gasteiger partial charge in [-0.15, -0.1) is 6.58 Å². The molecule has 0 nitrogen and oxygen atoms in total. The molecule has 1 heteroatoms. The summed E-state index contributed by atoms with van der Waals surface area (Å²) in [6, 6.07) is 8.99. The molecule has 0 N–H and O–H groups in total. The van der Waals surface area contributed by atoms with Gasteiger partial charge >= 0.3 is 0 Å². The summed E-state index contributed by atoms with van der Waals surface area (Å²) in [6.07, 6.45) is 2.94. The Morgan fingerprint density at radius 1 is 1.11 bits per heavy atom. The topological polar surface area (TPSA) is 0 Å². The summed E-state index contributed by atoms with van der Waals surface area (Å²) in [6.45, 7) is 15.1. The number of benzene rings is 1. The van der Waals surface area contributed by atoms with E-state index in [1.807, 2.05) is 6.08 Å². The zero-order valence-corrected chi connectivity index (χ0v) is 13.8. The van der Waals surface area contributed by atoms with E-state index in [4.69, 9.17) is 0 Å². The van der Waals surface area contributed by atoms with Crippen LogP contribution in [0.2, 0.25) is 0 Å². The third-order valence-electron chi connectivity index (χ3n) is 3.59. The zero-order valence-electron chi connectivity index (χ0n) is 12.3. The van der Waals surface area contributed by atoms with E-state index in [0.29, 0.717) is 5.92 Å². The molecular weight excluding hydrogens is 284 g/mol. The van der Waals surface area contributed by atoms with Crippen LogP contribution < -0.4 is 0 Å². The highest BCUT2D eigenvalue weighted by molar-refractivity contribution is 9.09. The summed E-state index contributed by atoms with van der Waals surface area (Å²) in [4.78, 5) is 0. The first kappa shape index (κ1) is 15.5. The minimum atomic E-state index is 0.00512. The molecule has 0 bridgehead atoms. The molecule has 1 unspecified atom stereocenters. The van der Waals surface area contributed by atoms with E-state index in [2.05, 4.69) is 81.4 Å². The van der Waals surface area contributed by atoms with Crippen LogP contribution in [0.25, 0.3) is 0 Å². The van der Waals surface area contributed by atoms with Gasteiger partial charge in [-0.25, -0.2) is 0 Å². The quantitative estimate of drug-likeness (QED) is 0.486. The highest BCUT2D eigenvalue weighted by Crippen LogP contribution is 2.42. The van der Waals surface area contributed by atoms with Gasteiger partial charge < -0.3 is 0 Å². The van der Waals surface area contributed by atoms with E-state index in [1.54, 1.807) is 0 Å². The van der Waals surface area contributed by atoms with Crippen molar-refractivity contribution < 1.29 is 0 Å². The lowest BCUT2D eigenvalue weighted by Crippen LogP contribution is -2.24. The Labute approximate surface area is 121 Å². The Kier molecular flexibility index (Phi) is 4.83. The summed E-state index contributed by atoms with van der Waals surface area (Å²) in [5.41, 5.74) is 2.93. The SMILES string of the molecule is C=CCC(Br)(c1ccc(C(C)(C)C)cc1)C(C)C. The van der Waals surface area contributed by atoms with E-state index >= 15 is 0 Å². The molecule has 0 saturated carbocycles. The molecule has 0 radical (unpaired) electrons. The van der Waals surface area contributed by atoms with E-state index in [9.17, 15) is 0 Å². The Bertz CT molecular complexity index is 395. The van der Waals surface area contributed by atoms with Crippen molar-refractivity contribution in [2.24, 2.45) is 5.92 Å². The molecule has 0 aliphatic carbocycles. The lowest BCUT2D eigenvalue weighted by Gasteiger charge is -2.32. The van der Waals surface area contributed by atoms with Crippen molar-refractivity contribution in [2.75, 3.05) is 0 Å². The van der Waals surface area contributed by atoms with E-state index in [0.717, 1.165) is 6.42 Å². The number of hydrogen-bond donors (Lipinski definition) is 0. The van der Waals surface area contributed by atoms with Crippen LogP contribution in [-0.4, -0.2) is 0 Å². The summed E-state index contributed by atoms with van der Waals surface area (Å²) in [5, 5.41) is 0. The van der Waals surface area contributed by atoms with Gasteiger partial charge in [0.2, 0.25) is 0 Å². The number of alkyl halides is 1. The summed E-state index contributed by atoms with van der Waals surface area (Å²) in [7, 11) is 0. The monoisotopic (exact) mass is 308 g/mol. The van der Waals surface area contributed by atoms with Gasteiger partial charge in [-0.3, -0.25) is 0 Å². The Morgan fingerprint density at radius 3 is 1.89 bits per heavy atom. The first-order valence-electron chi connectivity index (χ1n) is 6.62. The van der Waals surface area contributed by atoms with Gasteiger partial charge in [0.05, 0.1) is 4.32 Å². The van der Waals surface area contributed by atoms with Crippen molar-refractivity contribution in [1.82, 2.24) is 0 Å². The molecule has 0 saturated heterocycles. The Balaban J connectivity index is 3.13. The third kappa shape index (κ3) is 3.26. The minimum absolute atomic E-state index is 0.00512. The maximum absolute atomic E-state index is 3.92. The van der Waals surface area contributed by atoms with Gasteiger partial charge in [0.25, 0.3) is 0 Å². The average Bonchev–Trinajstić information content (AvgIpc) is 2.28. The van der Waals surface area contributed by atoms with Crippen molar-refractivity contribution in [3.63, 3.8) is 0 Å². The second-order valence-electron chi connectivity index (χ2n) is 6.34. The van der Waals surface area contributed by atoms with Crippen molar-refractivity contribution in [1.29, 1.82) is 0 Å². The fourth-order valence-electron chi connectivity index (χ4n) is 2.14. The lowest BCUT2D eigenvalue weighted by molar-refractivity contribution is 0.463. The molecule has 0 fully saturated rings. The minimum Gasteiger partial charge on any atom is -0.103 e. The van der Waals surface area contributed by atoms with E-state index in [-0.39, 0.29) is 9.74 Å². The van der Waals surface area contributed by atoms with Gasteiger partial charge in [-0.05, 0) is 28.9 Å². The molecule has 0 heterocycles. The summed E-state index contributed by atoms with van der Waals surface area (Å²) < 4.78 is 0.00512. The molecule has 1 atom stereocenters. The predicted octanol–water partition coefficient (Wildman–Crippen LogP) is 5.81. The fourth-order valence-corrected chi connectivity index (χ4v) is 2.64. The first-order chi connectivity index (χ1) is 8.21. The smallest absolute Gasteiger partial charge is 0.0562 e. The highest BCUT2D eigenvalue weighted by atomic mass is 79.9. The van der Waals surface area contributed by atoms with Crippen LogP contribution in [0.3, 0.4) is 0 Å². The van der Waals surface area contributed by atoms with E-state index < -0.39 is 0 Å². The molecule has 0 aromatic heterocycles. The van der Waals surface area contributed by atoms with Crippen LogP contribution in [0, 0.1) is 5.92 Å². The number of hydrogen-bond acceptors (Lipinski definition) is 0. The molecule has 1 aromatic rings. The maximum atomic E-state index is 3.92. The molecule has 0 spiro atoms. The van der Waals surface area contributed by atoms with E-state index in [1.165, 1.54) is 11.1 Å². The second kappa shape index (κ2) is 5.61. The standard InChI is InChI=1S/C17H25Br/c1-7-12-17(18,13(2)3)15-10-8-14(9-11-15)16(4,5)6/h7-11,13H,1,12H2,2-6H3. The third-order valence-corrected chi connectivity index (χ3v) is 5.28. The van der Waals surface area contributed by atoms with Crippen molar-refractivity contribution >= 4 is 15.9 Å². The molecule has 0 aliphatic rings. The van der Waals surface area contributed by atoms with Crippen LogP contribution in [0.5, 0.6) is 0 Å². The van der Waals surface area contributed by atoms with Crippen LogP contribution in [-0.2, 0) is 9.74 Å². The molecule has 0 amide bonds. The molecule has 18 heavy (non-hydrogen) atoms. The van der Waals surface area contributed by atoms with Crippen LogP contribution in [0.4, 0.5) is 0 Å². The van der Waals surface area contributed by atoms with Gasteiger partial charge in [0.15, 0.2) is 0 Å². The number of halogens is 1. The summed E-state index contributed by atoms with van der Waals surface area (Å²) in [5.74, 6) is 0.524. The Morgan fingerprint density at radius 2 is 1.56 bits per heavy atom. The van der Waals surface area contributed by atoms with Gasteiger partial charge in [0, 0.05) is 0 Å². The zero-order chi connectivity index (χ0) is 14.0. The summed E-state index contributed by atoms with van der Waals surface area (Å²) >= 11 is 3.92. The average molecular weight is 309 g/mol. The molecule has 0 aliphatic heterocycles. The molecule has 1 rings (SSSR count). The normalized spacial score (nSPS) is 15.5. The van der Waals surface area contributed by atoms with Gasteiger partial charge in [-0.1, -0.05) is 80.9 Å².